The Labute approximate surface area is 129 Å². The fourth-order valence-corrected chi connectivity index (χ4v) is 2.83. The molecular formula is C15H20N6O. The first kappa shape index (κ1) is 14.6. The number of rotatable bonds is 5. The summed E-state index contributed by atoms with van der Waals surface area (Å²) in [6.45, 7) is 3.80. The first-order chi connectivity index (χ1) is 10.7. The van der Waals surface area contributed by atoms with Crippen LogP contribution in [0.2, 0.25) is 0 Å². The highest BCUT2D eigenvalue weighted by Crippen LogP contribution is 2.31. The van der Waals surface area contributed by atoms with Crippen molar-refractivity contribution in [1.29, 1.82) is 0 Å². The molecule has 0 spiro atoms. The molecule has 2 aromatic heterocycles. The monoisotopic (exact) mass is 300 g/mol. The molecule has 1 fully saturated rings. The summed E-state index contributed by atoms with van der Waals surface area (Å²) in [6.07, 6.45) is 7.53. The summed E-state index contributed by atoms with van der Waals surface area (Å²) in [5.41, 5.74) is 2.87. The van der Waals surface area contributed by atoms with E-state index in [4.69, 9.17) is 0 Å². The maximum absolute atomic E-state index is 11.0. The van der Waals surface area contributed by atoms with Gasteiger partial charge in [-0.05, 0) is 25.5 Å². The summed E-state index contributed by atoms with van der Waals surface area (Å²) >= 11 is 0. The van der Waals surface area contributed by atoms with E-state index in [-0.39, 0.29) is 11.9 Å². The Morgan fingerprint density at radius 3 is 3.18 bits per heavy atom. The first-order valence-electron chi connectivity index (χ1n) is 7.50. The van der Waals surface area contributed by atoms with Crippen LogP contribution in [0.1, 0.15) is 42.9 Å². The highest BCUT2D eigenvalue weighted by molar-refractivity contribution is 5.72. The Balaban J connectivity index is 1.71. The summed E-state index contributed by atoms with van der Waals surface area (Å²) in [7, 11) is 0. The van der Waals surface area contributed by atoms with Crippen molar-refractivity contribution in [3.63, 3.8) is 0 Å². The molecule has 1 aliphatic rings. The van der Waals surface area contributed by atoms with E-state index < -0.39 is 0 Å². The molecule has 116 valence electrons. The van der Waals surface area contributed by atoms with E-state index in [0.717, 1.165) is 43.0 Å². The second-order valence-electron chi connectivity index (χ2n) is 5.56. The van der Waals surface area contributed by atoms with Crippen molar-refractivity contribution in [1.82, 2.24) is 30.4 Å². The molecule has 7 nitrogen and oxygen atoms in total. The molecule has 2 aromatic rings. The van der Waals surface area contributed by atoms with Gasteiger partial charge in [-0.3, -0.25) is 24.8 Å². The summed E-state index contributed by atoms with van der Waals surface area (Å²) in [6, 6.07) is 2.27. The van der Waals surface area contributed by atoms with Gasteiger partial charge in [-0.15, -0.1) is 0 Å². The van der Waals surface area contributed by atoms with Crippen molar-refractivity contribution in [3.8, 4) is 0 Å². The Kier molecular flexibility index (Phi) is 4.43. The minimum Gasteiger partial charge on any atom is -0.351 e. The molecule has 3 heterocycles. The van der Waals surface area contributed by atoms with E-state index in [1.807, 2.05) is 12.3 Å². The number of aromatic amines is 1. The lowest BCUT2D eigenvalue weighted by molar-refractivity contribution is -0.119. The van der Waals surface area contributed by atoms with E-state index in [1.54, 1.807) is 12.4 Å². The minimum atomic E-state index is -0.0612. The number of nitrogens with zero attached hydrogens (tertiary/aromatic N) is 4. The number of likely N-dealkylation sites (tertiary alicyclic amines) is 1. The van der Waals surface area contributed by atoms with Crippen molar-refractivity contribution in [2.24, 2.45) is 0 Å². The van der Waals surface area contributed by atoms with E-state index >= 15 is 0 Å². The number of hydrogen-bond donors (Lipinski definition) is 2. The fraction of sp³-hybridized carbons (Fsp3) is 0.467. The lowest BCUT2D eigenvalue weighted by Gasteiger charge is -2.23. The average molecular weight is 300 g/mol. The number of hydrogen-bond acceptors (Lipinski definition) is 5. The predicted molar refractivity (Wildman–Crippen MR) is 80.5 cm³/mol. The zero-order valence-electron chi connectivity index (χ0n) is 12.6. The molecule has 7 heteroatoms. The normalized spacial score (nSPS) is 18.5. The number of nitrogens with one attached hydrogen (secondary N) is 2. The van der Waals surface area contributed by atoms with Crippen LogP contribution in [-0.2, 0) is 17.9 Å². The molecule has 1 aliphatic heterocycles. The van der Waals surface area contributed by atoms with E-state index in [1.165, 1.54) is 6.92 Å². The molecule has 0 saturated carbocycles. The maximum atomic E-state index is 11.0. The van der Waals surface area contributed by atoms with Crippen molar-refractivity contribution in [2.45, 2.75) is 38.9 Å². The Bertz CT molecular complexity index is 627. The summed E-state index contributed by atoms with van der Waals surface area (Å²) in [4.78, 5) is 22.3. The Morgan fingerprint density at radius 2 is 2.41 bits per heavy atom. The van der Waals surface area contributed by atoms with Crippen LogP contribution in [0.25, 0.3) is 0 Å². The van der Waals surface area contributed by atoms with Crippen LogP contribution in [0.15, 0.2) is 24.7 Å². The molecular weight excluding hydrogens is 280 g/mol. The molecule has 1 amide bonds. The fourth-order valence-electron chi connectivity index (χ4n) is 2.83. The molecule has 22 heavy (non-hydrogen) atoms. The third kappa shape index (κ3) is 3.48. The van der Waals surface area contributed by atoms with Crippen molar-refractivity contribution in [3.05, 3.63) is 41.7 Å². The van der Waals surface area contributed by atoms with Gasteiger partial charge >= 0.3 is 0 Å². The molecule has 1 atom stereocenters. The zero-order chi connectivity index (χ0) is 15.4. The van der Waals surface area contributed by atoms with Gasteiger partial charge in [-0.25, -0.2) is 0 Å². The smallest absolute Gasteiger partial charge is 0.217 e. The van der Waals surface area contributed by atoms with Crippen molar-refractivity contribution in [2.75, 3.05) is 6.54 Å². The van der Waals surface area contributed by atoms with Crippen molar-refractivity contribution < 1.29 is 4.79 Å². The van der Waals surface area contributed by atoms with E-state index in [9.17, 15) is 4.79 Å². The molecule has 1 saturated heterocycles. The number of carbonyl (C=O) groups is 1. The molecule has 0 radical (unpaired) electrons. The van der Waals surface area contributed by atoms with Crippen LogP contribution >= 0.6 is 0 Å². The van der Waals surface area contributed by atoms with Gasteiger partial charge in [0.05, 0.1) is 36.4 Å². The number of aromatic nitrogens is 4. The number of H-pyrrole nitrogens is 1. The van der Waals surface area contributed by atoms with E-state index in [2.05, 4.69) is 30.4 Å². The summed E-state index contributed by atoms with van der Waals surface area (Å²) < 4.78 is 0. The van der Waals surface area contributed by atoms with Crippen LogP contribution in [0.4, 0.5) is 0 Å². The van der Waals surface area contributed by atoms with Gasteiger partial charge in [-0.2, -0.15) is 5.10 Å². The third-order valence-corrected chi connectivity index (χ3v) is 3.86. The van der Waals surface area contributed by atoms with Gasteiger partial charge in [0.15, 0.2) is 0 Å². The number of carbonyl (C=O) groups excluding carboxylic acids is 1. The van der Waals surface area contributed by atoms with Gasteiger partial charge in [0.25, 0.3) is 0 Å². The quantitative estimate of drug-likeness (QED) is 0.865. The molecule has 0 bridgehead atoms. The maximum Gasteiger partial charge on any atom is 0.217 e. The highest BCUT2D eigenvalue weighted by atomic mass is 16.1. The van der Waals surface area contributed by atoms with Gasteiger partial charge in [0.2, 0.25) is 5.91 Å². The molecule has 0 aromatic carbocycles. The second-order valence-corrected chi connectivity index (χ2v) is 5.56. The van der Waals surface area contributed by atoms with Crippen LogP contribution < -0.4 is 5.32 Å². The van der Waals surface area contributed by atoms with Gasteiger partial charge < -0.3 is 5.32 Å². The molecule has 1 unspecified atom stereocenters. The van der Waals surface area contributed by atoms with Crippen LogP contribution in [0.3, 0.4) is 0 Å². The third-order valence-electron chi connectivity index (χ3n) is 3.86. The number of amides is 1. The highest BCUT2D eigenvalue weighted by Gasteiger charge is 2.27. The molecule has 2 N–H and O–H groups in total. The van der Waals surface area contributed by atoms with Gasteiger partial charge in [-0.1, -0.05) is 0 Å². The SMILES string of the molecule is CC(=O)NCc1cncc(C2CCCN2Cc2ccn[nH]2)n1. The lowest BCUT2D eigenvalue weighted by atomic mass is 10.1. The molecule has 3 rings (SSSR count). The van der Waals surface area contributed by atoms with Crippen LogP contribution in [0, 0.1) is 0 Å². The van der Waals surface area contributed by atoms with Crippen LogP contribution in [0.5, 0.6) is 0 Å². The topological polar surface area (TPSA) is 86.8 Å². The van der Waals surface area contributed by atoms with Gasteiger partial charge in [0.1, 0.15) is 0 Å². The predicted octanol–water partition coefficient (Wildman–Crippen LogP) is 1.17. The zero-order valence-corrected chi connectivity index (χ0v) is 12.6. The average Bonchev–Trinajstić information content (AvgIpc) is 3.18. The summed E-state index contributed by atoms with van der Waals surface area (Å²) in [5.74, 6) is -0.0612. The second kappa shape index (κ2) is 6.65. The van der Waals surface area contributed by atoms with Crippen molar-refractivity contribution >= 4 is 5.91 Å². The van der Waals surface area contributed by atoms with Crippen LogP contribution in [-0.4, -0.2) is 37.5 Å². The Hall–Kier alpha value is -2.28. The minimum absolute atomic E-state index is 0.0612. The van der Waals surface area contributed by atoms with Gasteiger partial charge in [0, 0.05) is 25.4 Å². The molecule has 0 aliphatic carbocycles. The standard InChI is InChI=1S/C15H20N6O/c1-11(22)17-8-13-7-16-9-14(19-13)15-3-2-6-21(15)10-12-4-5-18-20-12/h4-5,7,9,15H,2-3,6,8,10H2,1H3,(H,17,22)(H,18,20). The Morgan fingerprint density at radius 1 is 1.50 bits per heavy atom. The first-order valence-corrected chi connectivity index (χ1v) is 7.50. The summed E-state index contributed by atoms with van der Waals surface area (Å²) in [5, 5.41) is 9.76. The lowest BCUT2D eigenvalue weighted by Crippen LogP contribution is -2.25. The van der Waals surface area contributed by atoms with E-state index in [0.29, 0.717) is 6.54 Å². The largest absolute Gasteiger partial charge is 0.351 e.